The Balaban J connectivity index is 1.97. The van der Waals surface area contributed by atoms with Crippen molar-refractivity contribution in [1.82, 2.24) is 4.90 Å². The van der Waals surface area contributed by atoms with Gasteiger partial charge in [-0.25, -0.2) is 0 Å². The van der Waals surface area contributed by atoms with E-state index >= 15 is 0 Å². The minimum absolute atomic E-state index is 0.114. The summed E-state index contributed by atoms with van der Waals surface area (Å²) in [6.07, 6.45) is 3.61. The van der Waals surface area contributed by atoms with E-state index in [4.69, 9.17) is 0 Å². The van der Waals surface area contributed by atoms with Crippen LogP contribution >= 0.6 is 0 Å². The van der Waals surface area contributed by atoms with Crippen LogP contribution in [-0.2, 0) is 0 Å². The van der Waals surface area contributed by atoms with E-state index in [-0.39, 0.29) is 11.5 Å². The average Bonchev–Trinajstić information content (AvgIpc) is 2.52. The molecule has 0 aromatic heterocycles. The summed E-state index contributed by atoms with van der Waals surface area (Å²) in [5.41, 5.74) is 0.126. The summed E-state index contributed by atoms with van der Waals surface area (Å²) in [6.45, 7) is 13.8. The van der Waals surface area contributed by atoms with E-state index in [2.05, 4.69) is 39.5 Å². The topological polar surface area (TPSA) is 23.5 Å². The monoisotopic (exact) mass is 253 g/mol. The molecule has 1 heterocycles. The zero-order valence-corrected chi connectivity index (χ0v) is 12.8. The van der Waals surface area contributed by atoms with Gasteiger partial charge in [-0.2, -0.15) is 0 Å². The van der Waals surface area contributed by atoms with Crippen molar-refractivity contribution >= 4 is 0 Å². The van der Waals surface area contributed by atoms with Crippen molar-refractivity contribution in [2.75, 3.05) is 13.1 Å². The Kier molecular flexibility index (Phi) is 4.08. The van der Waals surface area contributed by atoms with Gasteiger partial charge in [-0.15, -0.1) is 0 Å². The van der Waals surface area contributed by atoms with Crippen molar-refractivity contribution in [3.8, 4) is 0 Å². The van der Waals surface area contributed by atoms with Crippen LogP contribution in [0.1, 0.15) is 53.9 Å². The van der Waals surface area contributed by atoms with Gasteiger partial charge in [0.05, 0.1) is 6.10 Å². The highest BCUT2D eigenvalue weighted by atomic mass is 16.3. The molecule has 2 heteroatoms. The van der Waals surface area contributed by atoms with Crippen LogP contribution in [0, 0.1) is 23.2 Å². The van der Waals surface area contributed by atoms with E-state index in [1.54, 1.807) is 0 Å². The van der Waals surface area contributed by atoms with E-state index in [9.17, 15) is 5.11 Å². The molecule has 0 radical (unpaired) electrons. The Morgan fingerprint density at radius 3 is 2.44 bits per heavy atom. The van der Waals surface area contributed by atoms with Crippen LogP contribution in [0.4, 0.5) is 0 Å². The number of aliphatic hydroxyl groups is 1. The molecule has 2 nitrogen and oxygen atoms in total. The molecular formula is C16H31NO. The van der Waals surface area contributed by atoms with Gasteiger partial charge in [0, 0.05) is 19.1 Å². The lowest BCUT2D eigenvalue weighted by atomic mass is 9.84. The molecule has 2 rings (SSSR count). The van der Waals surface area contributed by atoms with E-state index in [1.165, 1.54) is 25.8 Å². The summed E-state index contributed by atoms with van der Waals surface area (Å²) < 4.78 is 0. The van der Waals surface area contributed by atoms with Crippen molar-refractivity contribution in [3.05, 3.63) is 0 Å². The molecule has 1 N–H and O–H groups in total. The molecule has 2 aliphatic rings. The molecule has 1 aliphatic heterocycles. The van der Waals surface area contributed by atoms with Gasteiger partial charge >= 0.3 is 0 Å². The van der Waals surface area contributed by atoms with Crippen molar-refractivity contribution in [2.24, 2.45) is 23.2 Å². The van der Waals surface area contributed by atoms with Gasteiger partial charge < -0.3 is 5.11 Å². The first-order valence-corrected chi connectivity index (χ1v) is 7.73. The maximum absolute atomic E-state index is 10.4. The Morgan fingerprint density at radius 2 is 1.89 bits per heavy atom. The van der Waals surface area contributed by atoms with Gasteiger partial charge in [-0.1, -0.05) is 27.7 Å². The first kappa shape index (κ1) is 14.3. The number of hydrogen-bond donors (Lipinski definition) is 1. The van der Waals surface area contributed by atoms with E-state index < -0.39 is 0 Å². The van der Waals surface area contributed by atoms with Gasteiger partial charge in [-0.05, 0) is 49.4 Å². The molecule has 0 bridgehead atoms. The van der Waals surface area contributed by atoms with Crippen LogP contribution in [0.25, 0.3) is 0 Å². The first-order valence-electron chi connectivity index (χ1n) is 7.73. The lowest BCUT2D eigenvalue weighted by Gasteiger charge is -2.43. The largest absolute Gasteiger partial charge is 0.392 e. The minimum atomic E-state index is -0.114. The molecule has 106 valence electrons. The van der Waals surface area contributed by atoms with Crippen molar-refractivity contribution in [2.45, 2.75) is 66.0 Å². The summed E-state index contributed by atoms with van der Waals surface area (Å²) in [6, 6.07) is 0.678. The van der Waals surface area contributed by atoms with Crippen molar-refractivity contribution < 1.29 is 5.11 Å². The summed E-state index contributed by atoms with van der Waals surface area (Å²) in [4.78, 5) is 2.63. The average molecular weight is 253 g/mol. The number of piperidine rings is 1. The third kappa shape index (κ3) is 2.75. The molecule has 1 saturated carbocycles. The summed E-state index contributed by atoms with van der Waals surface area (Å²) >= 11 is 0. The number of hydrogen-bond acceptors (Lipinski definition) is 2. The predicted molar refractivity (Wildman–Crippen MR) is 76.5 cm³/mol. The second kappa shape index (κ2) is 5.13. The van der Waals surface area contributed by atoms with E-state index in [0.717, 1.165) is 18.4 Å². The minimum Gasteiger partial charge on any atom is -0.392 e. The zero-order valence-electron chi connectivity index (χ0n) is 12.8. The van der Waals surface area contributed by atoms with Gasteiger partial charge in [-0.3, -0.25) is 4.90 Å². The van der Waals surface area contributed by atoms with Gasteiger partial charge in [0.2, 0.25) is 0 Å². The smallest absolute Gasteiger partial charge is 0.0631 e. The maximum Gasteiger partial charge on any atom is 0.0631 e. The molecule has 0 aromatic carbocycles. The lowest BCUT2D eigenvalue weighted by molar-refractivity contribution is 0.00699. The molecule has 2 fully saturated rings. The Bertz CT molecular complexity index is 289. The van der Waals surface area contributed by atoms with Crippen LogP contribution < -0.4 is 0 Å². The van der Waals surface area contributed by atoms with E-state index in [0.29, 0.717) is 12.0 Å². The fraction of sp³-hybridized carbons (Fsp3) is 1.00. The molecule has 5 atom stereocenters. The molecule has 0 amide bonds. The van der Waals surface area contributed by atoms with Crippen LogP contribution in [0.2, 0.25) is 0 Å². The number of rotatable bonds is 2. The predicted octanol–water partition coefficient (Wildman–Crippen LogP) is 3.15. The highest BCUT2D eigenvalue weighted by molar-refractivity contribution is 4.94. The Morgan fingerprint density at radius 1 is 1.22 bits per heavy atom. The number of nitrogens with zero attached hydrogens (tertiary/aromatic N) is 1. The maximum atomic E-state index is 10.4. The molecular weight excluding hydrogens is 222 g/mol. The molecule has 0 spiro atoms. The van der Waals surface area contributed by atoms with Crippen LogP contribution in [-0.4, -0.2) is 35.2 Å². The summed E-state index contributed by atoms with van der Waals surface area (Å²) in [7, 11) is 0. The molecule has 1 saturated heterocycles. The molecule has 5 unspecified atom stereocenters. The van der Waals surface area contributed by atoms with Crippen LogP contribution in [0.3, 0.4) is 0 Å². The SMILES string of the molecule is CC1CC(C)C(C)N(CC2CCC(C)(C)C2O)C1. The first-order chi connectivity index (χ1) is 8.31. The third-order valence-corrected chi connectivity index (χ3v) is 5.60. The van der Waals surface area contributed by atoms with Crippen LogP contribution in [0.15, 0.2) is 0 Å². The fourth-order valence-electron chi connectivity index (χ4n) is 4.07. The molecule has 18 heavy (non-hydrogen) atoms. The normalized spacial score (nSPS) is 45.3. The second-order valence-electron chi connectivity index (χ2n) is 7.74. The van der Waals surface area contributed by atoms with E-state index in [1.807, 2.05) is 0 Å². The second-order valence-corrected chi connectivity index (χ2v) is 7.74. The lowest BCUT2D eigenvalue weighted by Crippen LogP contribution is -2.49. The standard InChI is InChI=1S/C16H31NO/c1-11-8-12(2)13(3)17(9-11)10-14-6-7-16(4,5)15(14)18/h11-15,18H,6-10H2,1-5H3. The Labute approximate surface area is 113 Å². The van der Waals surface area contributed by atoms with Crippen molar-refractivity contribution in [1.29, 1.82) is 0 Å². The summed E-state index contributed by atoms with van der Waals surface area (Å²) in [5, 5.41) is 10.4. The molecule has 1 aliphatic carbocycles. The third-order valence-electron chi connectivity index (χ3n) is 5.60. The highest BCUT2D eigenvalue weighted by Gasteiger charge is 2.42. The highest BCUT2D eigenvalue weighted by Crippen LogP contribution is 2.42. The number of aliphatic hydroxyl groups excluding tert-OH is 1. The fourth-order valence-corrected chi connectivity index (χ4v) is 4.07. The summed E-state index contributed by atoms with van der Waals surface area (Å²) in [5.74, 6) is 2.09. The van der Waals surface area contributed by atoms with Gasteiger partial charge in [0.1, 0.15) is 0 Å². The zero-order chi connectivity index (χ0) is 13.5. The molecule has 0 aromatic rings. The van der Waals surface area contributed by atoms with Gasteiger partial charge in [0.25, 0.3) is 0 Å². The quantitative estimate of drug-likeness (QED) is 0.817. The van der Waals surface area contributed by atoms with Crippen molar-refractivity contribution in [3.63, 3.8) is 0 Å². The van der Waals surface area contributed by atoms with Gasteiger partial charge in [0.15, 0.2) is 0 Å². The Hall–Kier alpha value is -0.0800. The number of likely N-dealkylation sites (tertiary alicyclic amines) is 1. The van der Waals surface area contributed by atoms with Crippen LogP contribution in [0.5, 0.6) is 0 Å².